The smallest absolute Gasteiger partial charge is 0.223 e. The summed E-state index contributed by atoms with van der Waals surface area (Å²) >= 11 is 4.80. The van der Waals surface area contributed by atoms with Crippen molar-refractivity contribution >= 4 is 27.2 Å². The zero-order chi connectivity index (χ0) is 13.2. The second-order valence-electron chi connectivity index (χ2n) is 4.54. The predicted octanol–water partition coefficient (Wildman–Crippen LogP) is 0.0836. The fraction of sp³-hybridized carbons (Fsp3) is 0.900. The molecule has 0 bridgehead atoms. The van der Waals surface area contributed by atoms with Crippen LogP contribution in [0.15, 0.2) is 0 Å². The Morgan fingerprint density at radius 2 is 2.24 bits per heavy atom. The number of thiocarbonyl (C=S) groups is 1. The number of sulfonamides is 1. The second kappa shape index (κ2) is 5.60. The van der Waals surface area contributed by atoms with Gasteiger partial charge in [-0.05, 0) is 18.8 Å². The third-order valence-electron chi connectivity index (χ3n) is 3.29. The molecule has 1 saturated heterocycles. The quantitative estimate of drug-likeness (QED) is 0.713. The molecule has 17 heavy (non-hydrogen) atoms. The number of rotatable bonds is 4. The number of aliphatic hydroxyl groups is 1. The zero-order valence-electron chi connectivity index (χ0n) is 10.2. The molecule has 1 rings (SSSR count). The van der Waals surface area contributed by atoms with Crippen molar-refractivity contribution in [2.75, 3.05) is 13.1 Å². The Kier molecular flexibility index (Phi) is 4.88. The van der Waals surface area contributed by atoms with Crippen LogP contribution < -0.4 is 5.73 Å². The van der Waals surface area contributed by atoms with Crippen LogP contribution in [0.1, 0.15) is 26.7 Å². The Morgan fingerprint density at radius 1 is 1.65 bits per heavy atom. The minimum absolute atomic E-state index is 0.000566. The van der Waals surface area contributed by atoms with E-state index < -0.39 is 21.4 Å². The van der Waals surface area contributed by atoms with Gasteiger partial charge in [0.2, 0.25) is 10.0 Å². The van der Waals surface area contributed by atoms with E-state index in [2.05, 4.69) is 0 Å². The largest absolute Gasteiger partial charge is 0.392 e. The third-order valence-corrected chi connectivity index (χ3v) is 6.08. The molecule has 1 aliphatic heterocycles. The molecule has 1 aliphatic rings. The van der Waals surface area contributed by atoms with Gasteiger partial charge in [0.15, 0.2) is 0 Å². The summed E-state index contributed by atoms with van der Waals surface area (Å²) in [5.74, 6) is 0.131. The Hall–Kier alpha value is -0.240. The van der Waals surface area contributed by atoms with Crippen molar-refractivity contribution in [2.45, 2.75) is 38.0 Å². The summed E-state index contributed by atoms with van der Waals surface area (Å²) in [7, 11) is -3.52. The van der Waals surface area contributed by atoms with Crippen molar-refractivity contribution in [3.05, 3.63) is 0 Å². The Labute approximate surface area is 108 Å². The summed E-state index contributed by atoms with van der Waals surface area (Å²) in [5, 5.41) is 8.91. The van der Waals surface area contributed by atoms with E-state index in [-0.39, 0.29) is 17.5 Å². The summed E-state index contributed by atoms with van der Waals surface area (Å²) in [5.41, 5.74) is 5.47. The van der Waals surface area contributed by atoms with Crippen molar-refractivity contribution in [3.63, 3.8) is 0 Å². The number of β-amino-alcohol motifs (C(OH)–C–C–N with tert-alkyl or cyclic N) is 1. The first-order valence-electron chi connectivity index (χ1n) is 5.77. The first-order chi connectivity index (χ1) is 7.80. The Bertz CT molecular complexity index is 383. The average Bonchev–Trinajstić information content (AvgIpc) is 2.21. The van der Waals surface area contributed by atoms with Crippen molar-refractivity contribution < 1.29 is 13.5 Å². The van der Waals surface area contributed by atoms with Gasteiger partial charge in [0.05, 0.1) is 11.1 Å². The summed E-state index contributed by atoms with van der Waals surface area (Å²) in [6, 6.07) is 0. The molecule has 0 aliphatic carbocycles. The molecule has 5 nitrogen and oxygen atoms in total. The van der Waals surface area contributed by atoms with Crippen LogP contribution >= 0.6 is 12.2 Å². The van der Waals surface area contributed by atoms with Gasteiger partial charge in [-0.1, -0.05) is 26.1 Å². The molecule has 0 radical (unpaired) electrons. The van der Waals surface area contributed by atoms with Crippen LogP contribution in [0.2, 0.25) is 0 Å². The predicted molar refractivity (Wildman–Crippen MR) is 71.1 cm³/mol. The average molecular weight is 280 g/mol. The van der Waals surface area contributed by atoms with E-state index in [1.807, 2.05) is 6.92 Å². The van der Waals surface area contributed by atoms with E-state index in [1.165, 1.54) is 4.31 Å². The van der Waals surface area contributed by atoms with E-state index in [4.69, 9.17) is 18.0 Å². The molecule has 0 aromatic rings. The van der Waals surface area contributed by atoms with Crippen LogP contribution in [0.3, 0.4) is 0 Å². The molecule has 0 spiro atoms. The maximum Gasteiger partial charge on any atom is 0.223 e. The van der Waals surface area contributed by atoms with Gasteiger partial charge in [-0.3, -0.25) is 0 Å². The van der Waals surface area contributed by atoms with Crippen LogP contribution in [-0.2, 0) is 10.0 Å². The number of nitrogens with zero attached hydrogens (tertiary/aromatic N) is 1. The van der Waals surface area contributed by atoms with Crippen LogP contribution in [0.5, 0.6) is 0 Å². The first-order valence-corrected chi connectivity index (χ1v) is 7.68. The molecular formula is C10H20N2O3S2. The maximum absolute atomic E-state index is 12.3. The number of piperidine rings is 1. The monoisotopic (exact) mass is 280 g/mol. The summed E-state index contributed by atoms with van der Waals surface area (Å²) in [6.45, 7) is 4.23. The molecule has 0 aromatic heterocycles. The van der Waals surface area contributed by atoms with Gasteiger partial charge in [0.25, 0.3) is 0 Å². The van der Waals surface area contributed by atoms with Gasteiger partial charge >= 0.3 is 0 Å². The molecule has 3 N–H and O–H groups in total. The van der Waals surface area contributed by atoms with E-state index in [9.17, 15) is 13.5 Å². The fourth-order valence-electron chi connectivity index (χ4n) is 1.99. The topological polar surface area (TPSA) is 83.6 Å². The third kappa shape index (κ3) is 3.15. The number of aliphatic hydroxyl groups excluding tert-OH is 1. The van der Waals surface area contributed by atoms with Crippen molar-refractivity contribution in [2.24, 2.45) is 11.7 Å². The first kappa shape index (κ1) is 14.8. The summed E-state index contributed by atoms with van der Waals surface area (Å²) < 4.78 is 25.8. The van der Waals surface area contributed by atoms with Gasteiger partial charge in [-0.2, -0.15) is 4.31 Å². The summed E-state index contributed by atoms with van der Waals surface area (Å²) in [6.07, 6.45) is 0.413. The van der Waals surface area contributed by atoms with Gasteiger partial charge in [0, 0.05) is 13.1 Å². The molecule has 0 aromatic carbocycles. The lowest BCUT2D eigenvalue weighted by Crippen LogP contribution is -2.51. The normalized spacial score (nSPS) is 28.9. The van der Waals surface area contributed by atoms with E-state index in [0.717, 1.165) is 0 Å². The van der Waals surface area contributed by atoms with E-state index in [0.29, 0.717) is 19.4 Å². The van der Waals surface area contributed by atoms with Crippen LogP contribution in [0.25, 0.3) is 0 Å². The van der Waals surface area contributed by atoms with Crippen LogP contribution in [0, 0.1) is 5.92 Å². The van der Waals surface area contributed by atoms with Gasteiger partial charge in [0.1, 0.15) is 5.25 Å². The lowest BCUT2D eigenvalue weighted by atomic mass is 9.98. The number of hydrogen-bond acceptors (Lipinski definition) is 4. The zero-order valence-corrected chi connectivity index (χ0v) is 11.8. The number of hydrogen-bond donors (Lipinski definition) is 2. The standard InChI is InChI=1S/C10H20N2O3S2/c1-3-9(10(11)16)17(14,15)12-5-4-7(2)8(13)6-12/h7-9,13H,3-6H2,1-2H3,(H2,11,16). The Morgan fingerprint density at radius 3 is 2.65 bits per heavy atom. The van der Waals surface area contributed by atoms with E-state index in [1.54, 1.807) is 6.92 Å². The highest BCUT2D eigenvalue weighted by atomic mass is 32.2. The van der Waals surface area contributed by atoms with E-state index >= 15 is 0 Å². The summed E-state index contributed by atoms with van der Waals surface area (Å²) in [4.78, 5) is 0.000566. The van der Waals surface area contributed by atoms with Crippen LogP contribution in [0.4, 0.5) is 0 Å². The highest BCUT2D eigenvalue weighted by molar-refractivity contribution is 7.92. The lowest BCUT2D eigenvalue weighted by Gasteiger charge is -2.35. The van der Waals surface area contributed by atoms with Crippen molar-refractivity contribution in [1.82, 2.24) is 4.31 Å². The molecule has 1 fully saturated rings. The molecule has 1 heterocycles. The highest BCUT2D eigenvalue weighted by Crippen LogP contribution is 2.22. The molecule has 0 saturated carbocycles. The lowest BCUT2D eigenvalue weighted by molar-refractivity contribution is 0.0603. The SMILES string of the molecule is CCC(C(N)=S)S(=O)(=O)N1CCC(C)C(O)C1. The minimum atomic E-state index is -3.52. The second-order valence-corrected chi connectivity index (χ2v) is 7.12. The van der Waals surface area contributed by atoms with Crippen molar-refractivity contribution in [3.8, 4) is 0 Å². The molecule has 0 amide bonds. The molecule has 7 heteroatoms. The molecular weight excluding hydrogens is 260 g/mol. The fourth-order valence-corrected chi connectivity index (χ4v) is 4.32. The Balaban J connectivity index is 2.87. The highest BCUT2D eigenvalue weighted by Gasteiger charge is 2.37. The van der Waals surface area contributed by atoms with Gasteiger partial charge < -0.3 is 10.8 Å². The van der Waals surface area contributed by atoms with Gasteiger partial charge in [-0.15, -0.1) is 0 Å². The molecule has 3 unspecified atom stereocenters. The molecule has 100 valence electrons. The van der Waals surface area contributed by atoms with Gasteiger partial charge in [-0.25, -0.2) is 8.42 Å². The van der Waals surface area contributed by atoms with Crippen molar-refractivity contribution in [1.29, 1.82) is 0 Å². The van der Waals surface area contributed by atoms with Crippen LogP contribution in [-0.4, -0.2) is 47.3 Å². The minimum Gasteiger partial charge on any atom is -0.392 e. The maximum atomic E-state index is 12.3. The molecule has 3 atom stereocenters. The number of nitrogens with two attached hydrogens (primary N) is 1.